The fourth-order valence-corrected chi connectivity index (χ4v) is 2.56. The fourth-order valence-electron chi connectivity index (χ4n) is 2.56. The molecule has 3 rings (SSSR count). The van der Waals surface area contributed by atoms with Gasteiger partial charge in [-0.3, -0.25) is 4.57 Å². The van der Waals surface area contributed by atoms with Crippen LogP contribution in [0.1, 0.15) is 5.56 Å². The van der Waals surface area contributed by atoms with E-state index in [4.69, 9.17) is 15.2 Å². The number of ether oxygens (including phenoxy) is 2. The Morgan fingerprint density at radius 1 is 1.20 bits per heavy atom. The van der Waals surface area contributed by atoms with E-state index in [1.54, 1.807) is 24.9 Å². The molecule has 2 N–H and O–H groups in total. The van der Waals surface area contributed by atoms with Gasteiger partial charge >= 0.3 is 5.69 Å². The molecule has 1 aliphatic rings. The van der Waals surface area contributed by atoms with E-state index in [9.17, 15) is 4.79 Å². The first kappa shape index (κ1) is 12.5. The molecule has 1 aromatic carbocycles. The third-order valence-electron chi connectivity index (χ3n) is 3.52. The number of nitrogens with two attached hydrogens (primary N) is 1. The Bertz CT molecular complexity index is 737. The van der Waals surface area contributed by atoms with Crippen molar-refractivity contribution in [2.75, 3.05) is 20.0 Å². The minimum atomic E-state index is -0.319. The van der Waals surface area contributed by atoms with Gasteiger partial charge in [0, 0.05) is 18.2 Å². The van der Waals surface area contributed by atoms with Crippen LogP contribution in [0.3, 0.4) is 0 Å². The number of aromatic nitrogens is 2. The molecule has 1 aliphatic heterocycles. The second-order valence-corrected chi connectivity index (χ2v) is 4.61. The molecule has 1 aromatic heterocycles. The summed E-state index contributed by atoms with van der Waals surface area (Å²) in [5, 5.41) is 0. The van der Waals surface area contributed by atoms with Crippen molar-refractivity contribution in [1.82, 2.24) is 9.55 Å². The highest BCUT2D eigenvalue weighted by molar-refractivity contribution is 5.71. The first-order chi connectivity index (χ1) is 9.63. The van der Waals surface area contributed by atoms with Crippen molar-refractivity contribution >= 4 is 5.82 Å². The van der Waals surface area contributed by atoms with Crippen LogP contribution in [0.5, 0.6) is 11.5 Å². The molecule has 0 aliphatic carbocycles. The molecule has 20 heavy (non-hydrogen) atoms. The van der Waals surface area contributed by atoms with E-state index < -0.39 is 0 Å². The van der Waals surface area contributed by atoms with Crippen LogP contribution in [0, 0.1) is 0 Å². The molecular formula is C14H15N3O3. The molecule has 6 heteroatoms. The SMILES string of the molecule is COc1cc2c(cc1OC)-c1cc(N)nc(=O)n1CC2. The average Bonchev–Trinajstić information content (AvgIpc) is 2.45. The average molecular weight is 273 g/mol. The van der Waals surface area contributed by atoms with Gasteiger partial charge in [-0.2, -0.15) is 4.98 Å². The van der Waals surface area contributed by atoms with Crippen molar-refractivity contribution in [3.05, 3.63) is 34.2 Å². The van der Waals surface area contributed by atoms with Crippen LogP contribution < -0.4 is 20.9 Å². The number of fused-ring (bicyclic) bond motifs is 3. The maximum absolute atomic E-state index is 11.9. The zero-order valence-electron chi connectivity index (χ0n) is 11.3. The monoisotopic (exact) mass is 273 g/mol. The van der Waals surface area contributed by atoms with Gasteiger partial charge in [0.05, 0.1) is 19.9 Å². The quantitative estimate of drug-likeness (QED) is 0.885. The highest BCUT2D eigenvalue weighted by Crippen LogP contribution is 2.37. The van der Waals surface area contributed by atoms with Crippen molar-refractivity contribution in [2.24, 2.45) is 0 Å². The predicted molar refractivity (Wildman–Crippen MR) is 75.2 cm³/mol. The summed E-state index contributed by atoms with van der Waals surface area (Å²) in [7, 11) is 3.19. The Morgan fingerprint density at radius 3 is 2.60 bits per heavy atom. The predicted octanol–water partition coefficient (Wildman–Crippen LogP) is 1.07. The number of rotatable bonds is 2. The van der Waals surface area contributed by atoms with E-state index in [0.29, 0.717) is 18.0 Å². The zero-order chi connectivity index (χ0) is 14.3. The number of hydrogen-bond donors (Lipinski definition) is 1. The molecule has 2 aromatic rings. The van der Waals surface area contributed by atoms with E-state index in [2.05, 4.69) is 4.98 Å². The molecule has 0 amide bonds. The smallest absolute Gasteiger partial charge is 0.349 e. The van der Waals surface area contributed by atoms with Gasteiger partial charge in [-0.05, 0) is 24.1 Å². The number of anilines is 1. The molecule has 0 atom stereocenters. The van der Waals surface area contributed by atoms with Gasteiger partial charge in [0.2, 0.25) is 0 Å². The number of aryl methyl sites for hydroxylation is 1. The summed E-state index contributed by atoms with van der Waals surface area (Å²) >= 11 is 0. The van der Waals surface area contributed by atoms with Gasteiger partial charge in [0.15, 0.2) is 11.5 Å². The molecule has 0 spiro atoms. The first-order valence-corrected chi connectivity index (χ1v) is 6.26. The molecule has 0 fully saturated rings. The second kappa shape index (κ2) is 4.56. The lowest BCUT2D eigenvalue weighted by atomic mass is 9.97. The van der Waals surface area contributed by atoms with Crippen molar-refractivity contribution in [3.8, 4) is 22.8 Å². The minimum Gasteiger partial charge on any atom is -0.493 e. The molecule has 2 heterocycles. The summed E-state index contributed by atoms with van der Waals surface area (Å²) in [6, 6.07) is 5.53. The van der Waals surface area contributed by atoms with Crippen LogP contribution in [-0.4, -0.2) is 23.8 Å². The lowest BCUT2D eigenvalue weighted by Crippen LogP contribution is -2.28. The van der Waals surface area contributed by atoms with E-state index >= 15 is 0 Å². The van der Waals surface area contributed by atoms with E-state index in [0.717, 1.165) is 23.2 Å². The van der Waals surface area contributed by atoms with Crippen molar-refractivity contribution < 1.29 is 9.47 Å². The third kappa shape index (κ3) is 1.80. The first-order valence-electron chi connectivity index (χ1n) is 6.26. The summed E-state index contributed by atoms with van der Waals surface area (Å²) in [5.41, 5.74) is 8.17. The Balaban J connectivity index is 2.28. The van der Waals surface area contributed by atoms with E-state index in [-0.39, 0.29) is 11.5 Å². The minimum absolute atomic E-state index is 0.226. The van der Waals surface area contributed by atoms with Crippen molar-refractivity contribution in [1.29, 1.82) is 0 Å². The lowest BCUT2D eigenvalue weighted by molar-refractivity contribution is 0.354. The number of hydrogen-bond acceptors (Lipinski definition) is 5. The van der Waals surface area contributed by atoms with Gasteiger partial charge in [-0.25, -0.2) is 4.79 Å². The Morgan fingerprint density at radius 2 is 1.90 bits per heavy atom. The number of nitrogens with zero attached hydrogens (tertiary/aromatic N) is 2. The van der Waals surface area contributed by atoms with Gasteiger partial charge in [0.25, 0.3) is 0 Å². The topological polar surface area (TPSA) is 79.4 Å². The Labute approximate surface area is 115 Å². The van der Waals surface area contributed by atoms with Crippen molar-refractivity contribution in [3.63, 3.8) is 0 Å². The van der Waals surface area contributed by atoms with Crippen LogP contribution in [0.4, 0.5) is 5.82 Å². The van der Waals surface area contributed by atoms with Crippen LogP contribution in [-0.2, 0) is 13.0 Å². The summed E-state index contributed by atoms with van der Waals surface area (Å²) in [5.74, 6) is 1.54. The second-order valence-electron chi connectivity index (χ2n) is 4.61. The highest BCUT2D eigenvalue weighted by Gasteiger charge is 2.21. The normalized spacial score (nSPS) is 12.5. The van der Waals surface area contributed by atoms with Gasteiger partial charge in [-0.15, -0.1) is 0 Å². The van der Waals surface area contributed by atoms with Gasteiger partial charge < -0.3 is 15.2 Å². The number of nitrogen functional groups attached to an aromatic ring is 1. The molecule has 0 saturated heterocycles. The molecular weight excluding hydrogens is 258 g/mol. The summed E-state index contributed by atoms with van der Waals surface area (Å²) in [6.45, 7) is 0.587. The number of methoxy groups -OCH3 is 2. The summed E-state index contributed by atoms with van der Waals surface area (Å²) in [6.07, 6.45) is 0.744. The summed E-state index contributed by atoms with van der Waals surface area (Å²) in [4.78, 5) is 15.7. The van der Waals surface area contributed by atoms with Gasteiger partial charge in [-0.1, -0.05) is 0 Å². The van der Waals surface area contributed by atoms with Crippen LogP contribution in [0.15, 0.2) is 23.0 Å². The van der Waals surface area contributed by atoms with Crippen molar-refractivity contribution in [2.45, 2.75) is 13.0 Å². The Kier molecular flexibility index (Phi) is 2.85. The molecule has 0 saturated carbocycles. The van der Waals surface area contributed by atoms with E-state index in [1.807, 2.05) is 12.1 Å². The number of benzene rings is 1. The van der Waals surface area contributed by atoms with Crippen LogP contribution in [0.2, 0.25) is 0 Å². The molecule has 0 radical (unpaired) electrons. The molecule has 104 valence electrons. The van der Waals surface area contributed by atoms with Gasteiger partial charge in [0.1, 0.15) is 5.82 Å². The maximum atomic E-state index is 11.9. The maximum Gasteiger partial charge on any atom is 0.349 e. The summed E-state index contributed by atoms with van der Waals surface area (Å²) < 4.78 is 12.3. The largest absolute Gasteiger partial charge is 0.493 e. The zero-order valence-corrected chi connectivity index (χ0v) is 11.3. The molecule has 0 bridgehead atoms. The standard InChI is InChI=1S/C14H15N3O3/c1-19-11-5-8-3-4-17-10(7-13(15)16-14(17)18)9(8)6-12(11)20-2/h5-7H,3-4H2,1-2H3,(H2,15,16,18). The Hall–Kier alpha value is -2.50. The van der Waals surface area contributed by atoms with E-state index in [1.165, 1.54) is 0 Å². The highest BCUT2D eigenvalue weighted by atomic mass is 16.5. The molecule has 6 nitrogen and oxygen atoms in total. The fraction of sp³-hybridized carbons (Fsp3) is 0.286. The third-order valence-corrected chi connectivity index (χ3v) is 3.52. The van der Waals surface area contributed by atoms with Crippen LogP contribution >= 0.6 is 0 Å². The van der Waals surface area contributed by atoms with Crippen LogP contribution in [0.25, 0.3) is 11.3 Å². The lowest BCUT2D eigenvalue weighted by Gasteiger charge is -2.23. The molecule has 0 unspecified atom stereocenters.